The normalized spacial score (nSPS) is 20.6. The van der Waals surface area contributed by atoms with Crippen molar-refractivity contribution in [2.24, 2.45) is 0 Å². The Morgan fingerprint density at radius 3 is 2.39 bits per heavy atom. The lowest BCUT2D eigenvalue weighted by Gasteiger charge is -2.41. The van der Waals surface area contributed by atoms with Gasteiger partial charge >= 0.3 is 0 Å². The number of carbonyl (C=O) groups is 1. The molecular weight excluding hydrogens is 413 g/mol. The van der Waals surface area contributed by atoms with Crippen LogP contribution in [-0.4, -0.2) is 65.9 Å². The van der Waals surface area contributed by atoms with E-state index in [2.05, 4.69) is 32.9 Å². The molecule has 0 bridgehead atoms. The molecule has 2 heterocycles. The molecule has 176 valence electrons. The number of hydrogen-bond donors (Lipinski definition) is 0. The van der Waals surface area contributed by atoms with E-state index < -0.39 is 0 Å². The average molecular weight is 450 g/mol. The van der Waals surface area contributed by atoms with Crippen LogP contribution >= 0.6 is 0 Å². The van der Waals surface area contributed by atoms with Gasteiger partial charge in [0.05, 0.1) is 6.54 Å². The molecule has 2 fully saturated rings. The van der Waals surface area contributed by atoms with Crippen molar-refractivity contribution < 1.29 is 9.18 Å². The molecule has 33 heavy (non-hydrogen) atoms. The molecule has 2 aromatic carbocycles. The molecule has 0 unspecified atom stereocenters. The summed E-state index contributed by atoms with van der Waals surface area (Å²) >= 11 is 0. The molecule has 1 saturated heterocycles. The van der Waals surface area contributed by atoms with Gasteiger partial charge in [0.15, 0.2) is 0 Å². The van der Waals surface area contributed by atoms with E-state index in [1.54, 1.807) is 13.0 Å². The summed E-state index contributed by atoms with van der Waals surface area (Å²) in [6.07, 6.45) is 7.72. The minimum Gasteiger partial charge on any atom is -0.339 e. The standard InChI is InChI=1S/C28H36FN3O/c1-21-7-8-23(18-27(21)29)22-9-10-25-19-30(12-11-24(25)17-22)20-28(33)32-15-13-31(14-16-32)26-5-3-2-4-6-26/h7-10,17-18,26H,2-6,11-16,19-20H2,1H3. The molecule has 0 radical (unpaired) electrons. The summed E-state index contributed by atoms with van der Waals surface area (Å²) in [5.41, 5.74) is 5.26. The second-order valence-electron chi connectivity index (χ2n) is 10.1. The lowest BCUT2D eigenvalue weighted by atomic mass is 9.93. The second-order valence-corrected chi connectivity index (χ2v) is 10.1. The molecule has 0 spiro atoms. The molecule has 4 nitrogen and oxygen atoms in total. The number of benzene rings is 2. The van der Waals surface area contributed by atoms with Crippen LogP contribution in [0.25, 0.3) is 11.1 Å². The Morgan fingerprint density at radius 2 is 1.64 bits per heavy atom. The summed E-state index contributed by atoms with van der Waals surface area (Å²) in [6.45, 7) is 7.81. The second kappa shape index (κ2) is 9.94. The van der Waals surface area contributed by atoms with Crippen LogP contribution in [0, 0.1) is 12.7 Å². The Morgan fingerprint density at radius 1 is 0.909 bits per heavy atom. The monoisotopic (exact) mass is 449 g/mol. The number of halogens is 1. The van der Waals surface area contributed by atoms with Crippen LogP contribution in [0.5, 0.6) is 0 Å². The Hall–Kier alpha value is -2.24. The molecule has 5 rings (SSSR count). The molecule has 0 N–H and O–H groups in total. The zero-order chi connectivity index (χ0) is 22.8. The Balaban J connectivity index is 1.15. The average Bonchev–Trinajstić information content (AvgIpc) is 2.86. The van der Waals surface area contributed by atoms with Crippen LogP contribution in [0.15, 0.2) is 36.4 Å². The Kier molecular flexibility index (Phi) is 6.79. The van der Waals surface area contributed by atoms with Crippen molar-refractivity contribution in [1.82, 2.24) is 14.7 Å². The van der Waals surface area contributed by atoms with Gasteiger partial charge in [-0.2, -0.15) is 0 Å². The smallest absolute Gasteiger partial charge is 0.236 e. The number of amides is 1. The predicted octanol–water partition coefficient (Wildman–Crippen LogP) is 4.64. The minimum absolute atomic E-state index is 0.158. The van der Waals surface area contributed by atoms with Crippen molar-refractivity contribution in [2.45, 2.75) is 58.0 Å². The van der Waals surface area contributed by atoms with Gasteiger partial charge in [-0.15, -0.1) is 0 Å². The van der Waals surface area contributed by atoms with Gasteiger partial charge in [-0.05, 0) is 60.1 Å². The molecule has 2 aliphatic heterocycles. The van der Waals surface area contributed by atoms with E-state index >= 15 is 0 Å². The van der Waals surface area contributed by atoms with Crippen molar-refractivity contribution in [3.05, 3.63) is 58.9 Å². The van der Waals surface area contributed by atoms with E-state index in [9.17, 15) is 9.18 Å². The maximum Gasteiger partial charge on any atom is 0.236 e. The van der Waals surface area contributed by atoms with Gasteiger partial charge in [0, 0.05) is 45.3 Å². The number of piperazine rings is 1. The number of carbonyl (C=O) groups excluding carboxylic acids is 1. The van der Waals surface area contributed by atoms with Crippen molar-refractivity contribution in [3.63, 3.8) is 0 Å². The highest BCUT2D eigenvalue weighted by atomic mass is 19.1. The van der Waals surface area contributed by atoms with E-state index in [0.717, 1.165) is 62.9 Å². The first-order valence-electron chi connectivity index (χ1n) is 12.7. The number of aryl methyl sites for hydroxylation is 1. The lowest BCUT2D eigenvalue weighted by Crippen LogP contribution is -2.54. The van der Waals surface area contributed by atoms with Crippen LogP contribution in [0.4, 0.5) is 4.39 Å². The van der Waals surface area contributed by atoms with Gasteiger partial charge in [-0.3, -0.25) is 14.6 Å². The van der Waals surface area contributed by atoms with Gasteiger partial charge in [-0.1, -0.05) is 49.6 Å². The van der Waals surface area contributed by atoms with E-state index in [1.807, 2.05) is 12.1 Å². The third kappa shape index (κ3) is 5.15. The fourth-order valence-corrected chi connectivity index (χ4v) is 5.77. The summed E-state index contributed by atoms with van der Waals surface area (Å²) < 4.78 is 14.0. The van der Waals surface area contributed by atoms with Crippen molar-refractivity contribution >= 4 is 5.91 Å². The van der Waals surface area contributed by atoms with Crippen molar-refractivity contribution in [2.75, 3.05) is 39.3 Å². The molecule has 2 aromatic rings. The molecular formula is C28H36FN3O. The highest BCUT2D eigenvalue weighted by Gasteiger charge is 2.28. The topological polar surface area (TPSA) is 26.8 Å². The number of rotatable bonds is 4. The molecule has 5 heteroatoms. The first-order valence-corrected chi connectivity index (χ1v) is 12.7. The van der Waals surface area contributed by atoms with Crippen LogP contribution in [-0.2, 0) is 17.8 Å². The zero-order valence-electron chi connectivity index (χ0n) is 19.9. The van der Waals surface area contributed by atoms with Gasteiger partial charge in [0.25, 0.3) is 0 Å². The van der Waals surface area contributed by atoms with E-state index in [0.29, 0.717) is 12.1 Å². The largest absolute Gasteiger partial charge is 0.339 e. The molecule has 3 aliphatic rings. The molecule has 1 aliphatic carbocycles. The van der Waals surface area contributed by atoms with Gasteiger partial charge < -0.3 is 4.90 Å². The van der Waals surface area contributed by atoms with Gasteiger partial charge in [0.2, 0.25) is 5.91 Å². The molecule has 0 aromatic heterocycles. The third-order valence-electron chi connectivity index (χ3n) is 7.92. The summed E-state index contributed by atoms with van der Waals surface area (Å²) in [5.74, 6) is 0.114. The highest BCUT2D eigenvalue weighted by Crippen LogP contribution is 2.28. The zero-order valence-corrected chi connectivity index (χ0v) is 19.9. The summed E-state index contributed by atoms with van der Waals surface area (Å²) in [4.78, 5) is 20.0. The predicted molar refractivity (Wildman–Crippen MR) is 131 cm³/mol. The first-order chi connectivity index (χ1) is 16.1. The van der Waals surface area contributed by atoms with Crippen LogP contribution in [0.3, 0.4) is 0 Å². The van der Waals surface area contributed by atoms with Gasteiger partial charge in [0.1, 0.15) is 5.82 Å². The summed E-state index contributed by atoms with van der Waals surface area (Å²) in [6, 6.07) is 12.6. The third-order valence-corrected chi connectivity index (χ3v) is 7.92. The summed E-state index contributed by atoms with van der Waals surface area (Å²) in [7, 11) is 0. The SMILES string of the molecule is Cc1ccc(-c2ccc3c(c2)CCN(CC(=O)N2CCN(C4CCCCC4)CC2)C3)cc1F. The molecule has 1 amide bonds. The van der Waals surface area contributed by atoms with Crippen molar-refractivity contribution in [1.29, 1.82) is 0 Å². The maximum atomic E-state index is 14.0. The number of nitrogens with zero attached hydrogens (tertiary/aromatic N) is 3. The highest BCUT2D eigenvalue weighted by molar-refractivity contribution is 5.78. The maximum absolute atomic E-state index is 14.0. The quantitative estimate of drug-likeness (QED) is 0.681. The van der Waals surface area contributed by atoms with Crippen LogP contribution in [0.2, 0.25) is 0 Å². The number of fused-ring (bicyclic) bond motifs is 1. The summed E-state index contributed by atoms with van der Waals surface area (Å²) in [5, 5.41) is 0. The minimum atomic E-state index is -0.158. The first kappa shape index (κ1) is 22.5. The van der Waals surface area contributed by atoms with Crippen LogP contribution in [0.1, 0.15) is 48.8 Å². The number of hydrogen-bond acceptors (Lipinski definition) is 3. The van der Waals surface area contributed by atoms with E-state index in [-0.39, 0.29) is 11.7 Å². The van der Waals surface area contributed by atoms with Gasteiger partial charge in [-0.25, -0.2) is 4.39 Å². The van der Waals surface area contributed by atoms with Crippen LogP contribution < -0.4 is 0 Å². The fourth-order valence-electron chi connectivity index (χ4n) is 5.77. The molecule has 0 atom stereocenters. The van der Waals surface area contributed by atoms with E-state index in [4.69, 9.17) is 0 Å². The Labute approximate surface area is 197 Å². The fraction of sp³-hybridized carbons (Fsp3) is 0.536. The van der Waals surface area contributed by atoms with Crippen molar-refractivity contribution in [3.8, 4) is 11.1 Å². The Bertz CT molecular complexity index is 993. The lowest BCUT2D eigenvalue weighted by molar-refractivity contribution is -0.134. The molecule has 1 saturated carbocycles. The van der Waals surface area contributed by atoms with E-state index in [1.165, 1.54) is 43.2 Å².